The summed E-state index contributed by atoms with van der Waals surface area (Å²) in [6, 6.07) is 10.5. The van der Waals surface area contributed by atoms with Crippen LogP contribution in [0.2, 0.25) is 0 Å². The minimum Gasteiger partial charge on any atom is -0.508 e. The second kappa shape index (κ2) is 16.6. The summed E-state index contributed by atoms with van der Waals surface area (Å²) in [7, 11) is 0. The van der Waals surface area contributed by atoms with E-state index in [1.807, 2.05) is 13.8 Å². The second-order valence-corrected chi connectivity index (χ2v) is 12.0. The van der Waals surface area contributed by atoms with Crippen molar-refractivity contribution in [3.05, 3.63) is 59.7 Å². The first-order valence-corrected chi connectivity index (χ1v) is 15.0. The number of phenols is 2. The number of carbonyl (C=O) groups excluding carboxylic acids is 3. The molecule has 3 amide bonds. The van der Waals surface area contributed by atoms with E-state index in [9.17, 15) is 24.6 Å². The standard InChI is InChI=1S/C33H49N3O6/c1-7-8-9-10-11-12-20-36(29(30(39)34-23(2)3)25-14-13-15-27(38)22-25)31(40)28(35-32(41)42-33(4,5)6)21-24-16-18-26(37)19-17-24/h13-19,22-23,28-29,37-38H,7-12,20-21H2,1-6H3,(H,34,39)(H,35,41). The lowest BCUT2D eigenvalue weighted by Gasteiger charge is -2.35. The Morgan fingerprint density at radius 3 is 2.12 bits per heavy atom. The van der Waals surface area contributed by atoms with E-state index in [-0.39, 0.29) is 36.4 Å². The van der Waals surface area contributed by atoms with Crippen LogP contribution in [-0.2, 0) is 20.7 Å². The number of aromatic hydroxyl groups is 2. The highest BCUT2D eigenvalue weighted by atomic mass is 16.6. The lowest BCUT2D eigenvalue weighted by molar-refractivity contribution is -0.142. The largest absolute Gasteiger partial charge is 0.508 e. The number of nitrogens with zero attached hydrogens (tertiary/aromatic N) is 1. The van der Waals surface area contributed by atoms with E-state index in [2.05, 4.69) is 17.6 Å². The minimum atomic E-state index is -1.06. The molecule has 2 aromatic rings. The van der Waals surface area contributed by atoms with Crippen molar-refractivity contribution in [2.24, 2.45) is 0 Å². The zero-order valence-electron chi connectivity index (χ0n) is 26.0. The summed E-state index contributed by atoms with van der Waals surface area (Å²) < 4.78 is 5.48. The van der Waals surface area contributed by atoms with Crippen LogP contribution in [0.3, 0.4) is 0 Å². The van der Waals surface area contributed by atoms with E-state index in [0.717, 1.165) is 32.1 Å². The van der Waals surface area contributed by atoms with Crippen LogP contribution < -0.4 is 10.6 Å². The van der Waals surface area contributed by atoms with Gasteiger partial charge >= 0.3 is 6.09 Å². The predicted molar refractivity (Wildman–Crippen MR) is 164 cm³/mol. The Labute approximate surface area is 250 Å². The van der Waals surface area contributed by atoms with Crippen molar-refractivity contribution in [2.45, 2.75) is 110 Å². The molecule has 42 heavy (non-hydrogen) atoms. The highest BCUT2D eigenvalue weighted by Gasteiger charge is 2.36. The molecule has 0 saturated heterocycles. The Bertz CT molecular complexity index is 1140. The molecule has 4 N–H and O–H groups in total. The molecule has 2 rings (SSSR count). The van der Waals surface area contributed by atoms with E-state index in [1.165, 1.54) is 29.2 Å². The van der Waals surface area contributed by atoms with Gasteiger partial charge in [-0.15, -0.1) is 0 Å². The van der Waals surface area contributed by atoms with Crippen molar-refractivity contribution in [3.8, 4) is 11.5 Å². The number of carbonyl (C=O) groups is 3. The number of hydrogen-bond acceptors (Lipinski definition) is 6. The molecule has 232 valence electrons. The lowest BCUT2D eigenvalue weighted by atomic mass is 9.99. The first kappa shape index (κ1) is 34.5. The average molecular weight is 584 g/mol. The summed E-state index contributed by atoms with van der Waals surface area (Å²) in [6.45, 7) is 11.3. The molecule has 2 atom stereocenters. The second-order valence-electron chi connectivity index (χ2n) is 12.0. The van der Waals surface area contributed by atoms with Crippen molar-refractivity contribution in [1.82, 2.24) is 15.5 Å². The number of phenolic OH excluding ortho intramolecular Hbond substituents is 2. The van der Waals surface area contributed by atoms with Crippen molar-refractivity contribution in [1.29, 1.82) is 0 Å². The maximum Gasteiger partial charge on any atom is 0.408 e. The smallest absolute Gasteiger partial charge is 0.408 e. The number of ether oxygens (including phenoxy) is 1. The molecule has 0 bridgehead atoms. The zero-order chi connectivity index (χ0) is 31.3. The summed E-state index contributed by atoms with van der Waals surface area (Å²) in [5.41, 5.74) is 0.394. The fourth-order valence-electron chi connectivity index (χ4n) is 4.68. The van der Waals surface area contributed by atoms with Gasteiger partial charge in [0.05, 0.1) is 0 Å². The molecule has 2 aromatic carbocycles. The van der Waals surface area contributed by atoms with Crippen LogP contribution >= 0.6 is 0 Å². The molecule has 2 unspecified atom stereocenters. The molecule has 0 fully saturated rings. The van der Waals surface area contributed by atoms with Crippen molar-refractivity contribution >= 4 is 17.9 Å². The Kier molecular flexibility index (Phi) is 13.6. The molecule has 0 aliphatic carbocycles. The molecular formula is C33H49N3O6. The third-order valence-corrected chi connectivity index (χ3v) is 6.58. The van der Waals surface area contributed by atoms with Gasteiger partial charge in [-0.25, -0.2) is 4.79 Å². The normalized spacial score (nSPS) is 12.8. The van der Waals surface area contributed by atoms with Crippen LogP contribution in [0.5, 0.6) is 11.5 Å². The molecule has 0 spiro atoms. The van der Waals surface area contributed by atoms with Gasteiger partial charge in [0.1, 0.15) is 29.2 Å². The van der Waals surface area contributed by atoms with Crippen molar-refractivity contribution in [2.75, 3.05) is 6.54 Å². The van der Waals surface area contributed by atoms with Gasteiger partial charge < -0.3 is 30.5 Å². The van der Waals surface area contributed by atoms with E-state index < -0.39 is 29.7 Å². The number of hydrogen-bond donors (Lipinski definition) is 4. The summed E-state index contributed by atoms with van der Waals surface area (Å²) >= 11 is 0. The average Bonchev–Trinajstić information content (AvgIpc) is 2.89. The van der Waals surface area contributed by atoms with E-state index in [4.69, 9.17) is 4.74 Å². The summed E-state index contributed by atoms with van der Waals surface area (Å²) in [6.07, 6.45) is 5.27. The van der Waals surface area contributed by atoms with Gasteiger partial charge in [0.2, 0.25) is 11.8 Å². The number of amides is 3. The fourth-order valence-corrected chi connectivity index (χ4v) is 4.68. The van der Waals surface area contributed by atoms with Gasteiger partial charge in [0, 0.05) is 19.0 Å². The van der Waals surface area contributed by atoms with Gasteiger partial charge in [-0.2, -0.15) is 0 Å². The van der Waals surface area contributed by atoms with Gasteiger partial charge in [-0.05, 0) is 76.4 Å². The van der Waals surface area contributed by atoms with Crippen LogP contribution in [0, 0.1) is 0 Å². The molecular weight excluding hydrogens is 534 g/mol. The molecule has 0 radical (unpaired) electrons. The number of alkyl carbamates (subject to hydrolysis) is 1. The molecule has 0 heterocycles. The minimum absolute atomic E-state index is 0.0191. The van der Waals surface area contributed by atoms with Crippen LogP contribution in [0.4, 0.5) is 4.79 Å². The van der Waals surface area contributed by atoms with E-state index in [1.54, 1.807) is 45.0 Å². The van der Waals surface area contributed by atoms with Crippen LogP contribution in [0.1, 0.15) is 97.2 Å². The van der Waals surface area contributed by atoms with Crippen LogP contribution in [0.15, 0.2) is 48.5 Å². The monoisotopic (exact) mass is 583 g/mol. The highest BCUT2D eigenvalue weighted by Crippen LogP contribution is 2.27. The molecule has 0 aliphatic rings. The molecule has 0 aliphatic heterocycles. The molecule has 9 nitrogen and oxygen atoms in total. The van der Waals surface area contributed by atoms with Gasteiger partial charge in [-0.1, -0.05) is 63.3 Å². The Balaban J connectivity index is 2.52. The lowest BCUT2D eigenvalue weighted by Crippen LogP contribution is -2.54. The SMILES string of the molecule is CCCCCCCCN(C(=O)C(Cc1ccc(O)cc1)NC(=O)OC(C)(C)C)C(C(=O)NC(C)C)c1cccc(O)c1. The number of unbranched alkanes of at least 4 members (excludes halogenated alkanes) is 5. The summed E-state index contributed by atoms with van der Waals surface area (Å²) in [5.74, 6) is -0.764. The van der Waals surface area contributed by atoms with E-state index >= 15 is 0 Å². The van der Waals surface area contributed by atoms with Crippen LogP contribution in [0.25, 0.3) is 0 Å². The van der Waals surface area contributed by atoms with Gasteiger partial charge in [0.25, 0.3) is 0 Å². The Morgan fingerprint density at radius 1 is 0.881 bits per heavy atom. The number of benzene rings is 2. The predicted octanol–water partition coefficient (Wildman–Crippen LogP) is 5.99. The quantitative estimate of drug-likeness (QED) is 0.191. The molecule has 0 aromatic heterocycles. The van der Waals surface area contributed by atoms with Crippen molar-refractivity contribution < 1.29 is 29.3 Å². The van der Waals surface area contributed by atoms with E-state index in [0.29, 0.717) is 17.5 Å². The zero-order valence-corrected chi connectivity index (χ0v) is 26.0. The number of rotatable bonds is 15. The summed E-state index contributed by atoms with van der Waals surface area (Å²) in [5, 5.41) is 25.7. The topological polar surface area (TPSA) is 128 Å². The molecule has 9 heteroatoms. The fraction of sp³-hybridized carbons (Fsp3) is 0.545. The van der Waals surface area contributed by atoms with Gasteiger partial charge in [0.15, 0.2) is 0 Å². The Morgan fingerprint density at radius 2 is 1.52 bits per heavy atom. The Hall–Kier alpha value is -3.75. The first-order chi connectivity index (χ1) is 19.8. The number of nitrogens with one attached hydrogen (secondary N) is 2. The summed E-state index contributed by atoms with van der Waals surface area (Å²) in [4.78, 5) is 42.5. The maximum atomic E-state index is 14.4. The van der Waals surface area contributed by atoms with Gasteiger partial charge in [-0.3, -0.25) is 9.59 Å². The third kappa shape index (κ3) is 12.0. The maximum absolute atomic E-state index is 14.4. The third-order valence-electron chi connectivity index (χ3n) is 6.58. The first-order valence-electron chi connectivity index (χ1n) is 15.0. The highest BCUT2D eigenvalue weighted by molar-refractivity contribution is 5.92. The van der Waals surface area contributed by atoms with Crippen molar-refractivity contribution in [3.63, 3.8) is 0 Å². The molecule has 0 saturated carbocycles. The van der Waals surface area contributed by atoms with Crippen LogP contribution in [-0.4, -0.2) is 57.3 Å².